The average Bonchev–Trinajstić information content (AvgIpc) is 2.91. The number of nitrogens with one attached hydrogen (secondary N) is 1. The average molecular weight is 361 g/mol. The summed E-state index contributed by atoms with van der Waals surface area (Å²) in [6, 6.07) is 7.02. The van der Waals surface area contributed by atoms with E-state index in [1.54, 1.807) is 26.0 Å². The SMILES string of the molecule is CCOC(=O)c1c(NC(=O)c2ccc(C)cc2)sc(C(=O)OC)c1C. The smallest absolute Gasteiger partial charge is 0.348 e. The first-order chi connectivity index (χ1) is 11.9. The minimum absolute atomic E-state index is 0.174. The molecule has 0 atom stereocenters. The lowest BCUT2D eigenvalue weighted by molar-refractivity contribution is 0.0527. The number of hydrogen-bond donors (Lipinski definition) is 1. The molecule has 1 heterocycles. The van der Waals surface area contributed by atoms with Crippen LogP contribution >= 0.6 is 11.3 Å². The third-order valence-electron chi connectivity index (χ3n) is 3.54. The van der Waals surface area contributed by atoms with Gasteiger partial charge in [0.15, 0.2) is 0 Å². The Morgan fingerprint density at radius 2 is 1.72 bits per heavy atom. The van der Waals surface area contributed by atoms with Gasteiger partial charge in [-0.25, -0.2) is 9.59 Å². The summed E-state index contributed by atoms with van der Waals surface area (Å²) in [7, 11) is 1.26. The summed E-state index contributed by atoms with van der Waals surface area (Å²) in [6.45, 7) is 5.42. The summed E-state index contributed by atoms with van der Waals surface area (Å²) in [6.07, 6.45) is 0. The molecular weight excluding hydrogens is 342 g/mol. The normalized spacial score (nSPS) is 10.2. The van der Waals surface area contributed by atoms with Crippen LogP contribution in [0.4, 0.5) is 5.00 Å². The van der Waals surface area contributed by atoms with Gasteiger partial charge in [-0.2, -0.15) is 0 Å². The maximum absolute atomic E-state index is 12.4. The van der Waals surface area contributed by atoms with Crippen molar-refractivity contribution in [3.63, 3.8) is 0 Å². The minimum Gasteiger partial charge on any atom is -0.465 e. The molecule has 0 aliphatic rings. The maximum atomic E-state index is 12.4. The molecule has 0 unspecified atom stereocenters. The summed E-state index contributed by atoms with van der Waals surface area (Å²) >= 11 is 0.992. The molecule has 0 saturated carbocycles. The fourth-order valence-electron chi connectivity index (χ4n) is 2.22. The van der Waals surface area contributed by atoms with Gasteiger partial charge in [-0.05, 0) is 38.5 Å². The Bertz CT molecular complexity index is 808. The second kappa shape index (κ2) is 7.94. The zero-order valence-corrected chi connectivity index (χ0v) is 15.3. The number of methoxy groups -OCH3 is 1. The molecule has 1 aromatic heterocycles. The van der Waals surface area contributed by atoms with E-state index >= 15 is 0 Å². The van der Waals surface area contributed by atoms with Crippen LogP contribution in [0.15, 0.2) is 24.3 Å². The third-order valence-corrected chi connectivity index (χ3v) is 4.73. The van der Waals surface area contributed by atoms with Crippen molar-refractivity contribution in [2.75, 3.05) is 19.0 Å². The van der Waals surface area contributed by atoms with Gasteiger partial charge in [0, 0.05) is 5.56 Å². The molecule has 0 saturated heterocycles. The van der Waals surface area contributed by atoms with Gasteiger partial charge in [-0.1, -0.05) is 17.7 Å². The second-order valence-corrected chi connectivity index (χ2v) is 6.31. The van der Waals surface area contributed by atoms with E-state index in [9.17, 15) is 14.4 Å². The summed E-state index contributed by atoms with van der Waals surface area (Å²) in [5.41, 5.74) is 2.08. The number of ether oxygens (including phenoxy) is 2. The highest BCUT2D eigenvalue weighted by atomic mass is 32.1. The Hall–Kier alpha value is -2.67. The molecule has 2 rings (SSSR count). The summed E-state index contributed by atoms with van der Waals surface area (Å²) in [4.78, 5) is 36.9. The molecule has 132 valence electrons. The van der Waals surface area contributed by atoms with Crippen molar-refractivity contribution in [1.29, 1.82) is 0 Å². The molecule has 1 amide bonds. The highest BCUT2D eigenvalue weighted by Gasteiger charge is 2.27. The Kier molecular flexibility index (Phi) is 5.93. The lowest BCUT2D eigenvalue weighted by Gasteiger charge is -2.07. The van der Waals surface area contributed by atoms with Gasteiger partial charge in [-0.3, -0.25) is 4.79 Å². The first kappa shape index (κ1) is 18.7. The van der Waals surface area contributed by atoms with Crippen LogP contribution < -0.4 is 5.32 Å². The van der Waals surface area contributed by atoms with Crippen molar-refractivity contribution in [2.45, 2.75) is 20.8 Å². The number of carbonyl (C=O) groups excluding carboxylic acids is 3. The molecule has 6 nitrogen and oxygen atoms in total. The monoisotopic (exact) mass is 361 g/mol. The molecule has 25 heavy (non-hydrogen) atoms. The number of esters is 2. The number of anilines is 1. The van der Waals surface area contributed by atoms with Crippen molar-refractivity contribution >= 4 is 34.2 Å². The largest absolute Gasteiger partial charge is 0.465 e. The van der Waals surface area contributed by atoms with Gasteiger partial charge < -0.3 is 14.8 Å². The molecule has 0 fully saturated rings. The molecule has 0 radical (unpaired) electrons. The molecular formula is C18H19NO5S. The molecule has 0 spiro atoms. The van der Waals surface area contributed by atoms with Crippen LogP contribution in [0.1, 0.15) is 48.4 Å². The van der Waals surface area contributed by atoms with Gasteiger partial charge in [0.25, 0.3) is 5.91 Å². The number of hydrogen-bond acceptors (Lipinski definition) is 6. The van der Waals surface area contributed by atoms with Gasteiger partial charge in [0.05, 0.1) is 19.3 Å². The Morgan fingerprint density at radius 1 is 1.08 bits per heavy atom. The highest BCUT2D eigenvalue weighted by molar-refractivity contribution is 7.18. The van der Waals surface area contributed by atoms with Crippen molar-refractivity contribution in [3.05, 3.63) is 51.4 Å². The maximum Gasteiger partial charge on any atom is 0.348 e. The summed E-state index contributed by atoms with van der Waals surface area (Å²) in [5.74, 6) is -1.53. The Labute approximate surface area is 149 Å². The molecule has 0 aliphatic heterocycles. The quantitative estimate of drug-likeness (QED) is 0.823. The zero-order valence-electron chi connectivity index (χ0n) is 14.5. The molecule has 7 heteroatoms. The highest BCUT2D eigenvalue weighted by Crippen LogP contribution is 2.34. The van der Waals surface area contributed by atoms with E-state index in [0.717, 1.165) is 16.9 Å². The summed E-state index contributed by atoms with van der Waals surface area (Å²) < 4.78 is 9.78. The predicted octanol–water partition coefficient (Wildman–Crippen LogP) is 3.58. The summed E-state index contributed by atoms with van der Waals surface area (Å²) in [5, 5.41) is 2.96. The van der Waals surface area contributed by atoms with Crippen molar-refractivity contribution in [3.8, 4) is 0 Å². The molecule has 1 N–H and O–H groups in total. The number of amides is 1. The predicted molar refractivity (Wildman–Crippen MR) is 95.5 cm³/mol. The van der Waals surface area contributed by atoms with Crippen molar-refractivity contribution in [1.82, 2.24) is 0 Å². The lowest BCUT2D eigenvalue weighted by Crippen LogP contribution is -2.15. The molecule has 0 aliphatic carbocycles. The van der Waals surface area contributed by atoms with E-state index in [2.05, 4.69) is 5.32 Å². The van der Waals surface area contributed by atoms with Gasteiger partial charge in [0.1, 0.15) is 9.88 Å². The number of benzene rings is 1. The van der Waals surface area contributed by atoms with Crippen LogP contribution in [0.3, 0.4) is 0 Å². The Balaban J connectivity index is 2.41. The van der Waals surface area contributed by atoms with E-state index in [4.69, 9.17) is 9.47 Å². The minimum atomic E-state index is -0.592. The van der Waals surface area contributed by atoms with Gasteiger partial charge in [0.2, 0.25) is 0 Å². The van der Waals surface area contributed by atoms with Crippen molar-refractivity contribution < 1.29 is 23.9 Å². The van der Waals surface area contributed by atoms with E-state index in [-0.39, 0.29) is 28.0 Å². The third kappa shape index (κ3) is 4.06. The van der Waals surface area contributed by atoms with E-state index in [0.29, 0.717) is 11.1 Å². The number of aryl methyl sites for hydroxylation is 1. The standard InChI is InChI=1S/C18H19NO5S/c1-5-24-17(21)13-11(3)14(18(22)23-4)25-16(13)19-15(20)12-8-6-10(2)7-9-12/h6-9H,5H2,1-4H3,(H,19,20). The molecule has 2 aromatic rings. The van der Waals surface area contributed by atoms with Gasteiger partial charge in [-0.15, -0.1) is 11.3 Å². The molecule has 0 bridgehead atoms. The van der Waals surface area contributed by atoms with Crippen LogP contribution in [0.5, 0.6) is 0 Å². The van der Waals surface area contributed by atoms with Crippen molar-refractivity contribution in [2.24, 2.45) is 0 Å². The second-order valence-electron chi connectivity index (χ2n) is 5.29. The Morgan fingerprint density at radius 3 is 2.28 bits per heavy atom. The van der Waals surface area contributed by atoms with Crippen LogP contribution in [0, 0.1) is 13.8 Å². The number of thiophene rings is 1. The van der Waals surface area contributed by atoms with E-state index in [1.807, 2.05) is 19.1 Å². The zero-order chi connectivity index (χ0) is 18.6. The first-order valence-corrected chi connectivity index (χ1v) is 8.47. The number of carbonyl (C=O) groups is 3. The molecule has 1 aromatic carbocycles. The fourth-order valence-corrected chi connectivity index (χ4v) is 3.33. The topological polar surface area (TPSA) is 81.7 Å². The first-order valence-electron chi connectivity index (χ1n) is 7.65. The van der Waals surface area contributed by atoms with E-state index in [1.165, 1.54) is 7.11 Å². The van der Waals surface area contributed by atoms with Crippen LogP contribution in [-0.4, -0.2) is 31.6 Å². The lowest BCUT2D eigenvalue weighted by atomic mass is 10.1. The number of rotatable bonds is 5. The van der Waals surface area contributed by atoms with Gasteiger partial charge >= 0.3 is 11.9 Å². The van der Waals surface area contributed by atoms with E-state index < -0.39 is 11.9 Å². The van der Waals surface area contributed by atoms with Crippen LogP contribution in [-0.2, 0) is 9.47 Å². The van der Waals surface area contributed by atoms with Crippen LogP contribution in [0.2, 0.25) is 0 Å². The van der Waals surface area contributed by atoms with Crippen LogP contribution in [0.25, 0.3) is 0 Å². The fraction of sp³-hybridized carbons (Fsp3) is 0.278.